The summed E-state index contributed by atoms with van der Waals surface area (Å²) in [5, 5.41) is 4.35. The SMILES string of the molecule is O=C(Cc1ccc(Br)cc1)c1ccn(-c2ccccc2)n1. The van der Waals surface area contributed by atoms with Crippen molar-refractivity contribution in [2.45, 2.75) is 6.42 Å². The molecule has 0 amide bonds. The number of ketones is 1. The van der Waals surface area contributed by atoms with Gasteiger partial charge in [-0.05, 0) is 35.9 Å². The number of benzene rings is 2. The molecule has 2 aromatic carbocycles. The van der Waals surface area contributed by atoms with Gasteiger partial charge in [0.2, 0.25) is 0 Å². The molecule has 3 nitrogen and oxygen atoms in total. The van der Waals surface area contributed by atoms with E-state index in [4.69, 9.17) is 0 Å². The van der Waals surface area contributed by atoms with Crippen molar-refractivity contribution in [1.82, 2.24) is 9.78 Å². The average molecular weight is 341 g/mol. The minimum Gasteiger partial charge on any atom is -0.292 e. The van der Waals surface area contributed by atoms with E-state index in [9.17, 15) is 4.79 Å². The molecule has 1 aromatic heterocycles. The van der Waals surface area contributed by atoms with Gasteiger partial charge in [0.25, 0.3) is 0 Å². The van der Waals surface area contributed by atoms with Crippen LogP contribution in [0.4, 0.5) is 0 Å². The van der Waals surface area contributed by atoms with Gasteiger partial charge in [0.05, 0.1) is 5.69 Å². The number of halogens is 1. The Labute approximate surface area is 131 Å². The molecule has 0 aliphatic rings. The Bertz CT molecular complexity index is 748. The summed E-state index contributed by atoms with van der Waals surface area (Å²) < 4.78 is 2.72. The number of carbonyl (C=O) groups excluding carboxylic acids is 1. The van der Waals surface area contributed by atoms with Crippen LogP contribution in [0, 0.1) is 0 Å². The van der Waals surface area contributed by atoms with Crippen LogP contribution in [0.1, 0.15) is 16.1 Å². The fourth-order valence-electron chi connectivity index (χ4n) is 2.08. The lowest BCUT2D eigenvalue weighted by atomic mass is 10.1. The molecular weight excluding hydrogens is 328 g/mol. The van der Waals surface area contributed by atoms with E-state index >= 15 is 0 Å². The lowest BCUT2D eigenvalue weighted by Gasteiger charge is -2.01. The third-order valence-electron chi connectivity index (χ3n) is 3.17. The smallest absolute Gasteiger partial charge is 0.187 e. The van der Waals surface area contributed by atoms with Crippen molar-refractivity contribution in [3.05, 3.63) is 82.6 Å². The van der Waals surface area contributed by atoms with E-state index in [0.29, 0.717) is 12.1 Å². The maximum atomic E-state index is 12.3. The fourth-order valence-corrected chi connectivity index (χ4v) is 2.34. The molecule has 3 aromatic rings. The van der Waals surface area contributed by atoms with Crippen LogP contribution in [0.2, 0.25) is 0 Å². The molecule has 0 radical (unpaired) electrons. The molecular formula is C17H13BrN2O. The molecule has 0 fully saturated rings. The lowest BCUT2D eigenvalue weighted by molar-refractivity contribution is 0.0988. The van der Waals surface area contributed by atoms with Crippen molar-refractivity contribution in [3.8, 4) is 5.69 Å². The molecule has 0 aliphatic heterocycles. The number of rotatable bonds is 4. The van der Waals surface area contributed by atoms with Gasteiger partial charge < -0.3 is 0 Å². The molecule has 0 atom stereocenters. The number of nitrogens with zero attached hydrogens (tertiary/aromatic N) is 2. The van der Waals surface area contributed by atoms with Crippen LogP contribution in [0.5, 0.6) is 0 Å². The van der Waals surface area contributed by atoms with Crippen molar-refractivity contribution >= 4 is 21.7 Å². The van der Waals surface area contributed by atoms with Gasteiger partial charge >= 0.3 is 0 Å². The van der Waals surface area contributed by atoms with Crippen molar-refractivity contribution in [2.24, 2.45) is 0 Å². The van der Waals surface area contributed by atoms with Crippen molar-refractivity contribution < 1.29 is 4.79 Å². The van der Waals surface area contributed by atoms with Gasteiger partial charge in [-0.25, -0.2) is 4.68 Å². The van der Waals surface area contributed by atoms with E-state index < -0.39 is 0 Å². The lowest BCUT2D eigenvalue weighted by Crippen LogP contribution is -2.05. The van der Waals surface area contributed by atoms with E-state index in [-0.39, 0.29) is 5.78 Å². The zero-order chi connectivity index (χ0) is 14.7. The highest BCUT2D eigenvalue weighted by Crippen LogP contribution is 2.13. The number of carbonyl (C=O) groups is 1. The van der Waals surface area contributed by atoms with E-state index in [1.165, 1.54) is 0 Å². The Hall–Kier alpha value is -2.20. The van der Waals surface area contributed by atoms with Crippen LogP contribution in [0.15, 0.2) is 71.3 Å². The second-order valence-corrected chi connectivity index (χ2v) is 5.62. The van der Waals surface area contributed by atoms with Gasteiger partial charge in [-0.3, -0.25) is 4.79 Å². The number of para-hydroxylation sites is 1. The first-order valence-electron chi connectivity index (χ1n) is 6.61. The average Bonchev–Trinajstić information content (AvgIpc) is 3.00. The molecule has 0 spiro atoms. The van der Waals surface area contributed by atoms with E-state index in [0.717, 1.165) is 15.7 Å². The molecule has 1 heterocycles. The van der Waals surface area contributed by atoms with Gasteiger partial charge in [-0.2, -0.15) is 5.10 Å². The van der Waals surface area contributed by atoms with Crippen LogP contribution in [-0.4, -0.2) is 15.6 Å². The predicted molar refractivity (Wildman–Crippen MR) is 85.7 cm³/mol. The predicted octanol–water partition coefficient (Wildman–Crippen LogP) is 4.06. The zero-order valence-corrected chi connectivity index (χ0v) is 12.8. The normalized spacial score (nSPS) is 10.5. The van der Waals surface area contributed by atoms with Crippen LogP contribution in [0.25, 0.3) is 5.69 Å². The first-order valence-corrected chi connectivity index (χ1v) is 7.40. The fraction of sp³-hybridized carbons (Fsp3) is 0.0588. The van der Waals surface area contributed by atoms with Gasteiger partial charge in [-0.15, -0.1) is 0 Å². The number of Topliss-reactive ketones (excluding diaryl/α,β-unsaturated/α-hetero) is 1. The highest BCUT2D eigenvalue weighted by Gasteiger charge is 2.11. The number of aromatic nitrogens is 2. The molecule has 3 rings (SSSR count). The van der Waals surface area contributed by atoms with Crippen LogP contribution >= 0.6 is 15.9 Å². The summed E-state index contributed by atoms with van der Waals surface area (Å²) in [7, 11) is 0. The summed E-state index contributed by atoms with van der Waals surface area (Å²) in [6.45, 7) is 0. The van der Waals surface area contributed by atoms with Gasteiger partial charge in [0, 0.05) is 17.1 Å². The van der Waals surface area contributed by atoms with Gasteiger partial charge in [0.1, 0.15) is 5.69 Å². The first kappa shape index (κ1) is 13.8. The largest absolute Gasteiger partial charge is 0.292 e. The van der Waals surface area contributed by atoms with E-state index in [1.54, 1.807) is 10.7 Å². The van der Waals surface area contributed by atoms with Crippen molar-refractivity contribution in [2.75, 3.05) is 0 Å². The second-order valence-electron chi connectivity index (χ2n) is 4.71. The highest BCUT2D eigenvalue weighted by molar-refractivity contribution is 9.10. The van der Waals surface area contributed by atoms with Crippen LogP contribution in [-0.2, 0) is 6.42 Å². The molecule has 4 heteroatoms. The van der Waals surface area contributed by atoms with Crippen LogP contribution in [0.3, 0.4) is 0 Å². The van der Waals surface area contributed by atoms with E-state index in [1.807, 2.05) is 60.8 Å². The summed E-state index contributed by atoms with van der Waals surface area (Å²) >= 11 is 3.39. The molecule has 0 bridgehead atoms. The monoisotopic (exact) mass is 340 g/mol. The molecule has 0 saturated carbocycles. The first-order chi connectivity index (χ1) is 10.2. The summed E-state index contributed by atoms with van der Waals surface area (Å²) in [6, 6.07) is 19.3. The van der Waals surface area contributed by atoms with Crippen molar-refractivity contribution in [3.63, 3.8) is 0 Å². The second kappa shape index (κ2) is 6.06. The third-order valence-corrected chi connectivity index (χ3v) is 3.70. The zero-order valence-electron chi connectivity index (χ0n) is 11.2. The molecule has 21 heavy (non-hydrogen) atoms. The van der Waals surface area contributed by atoms with Crippen molar-refractivity contribution in [1.29, 1.82) is 0 Å². The molecule has 0 unspecified atom stereocenters. The molecule has 0 aliphatic carbocycles. The quantitative estimate of drug-likeness (QED) is 0.671. The molecule has 0 N–H and O–H groups in total. The Kier molecular flexibility index (Phi) is 3.97. The summed E-state index contributed by atoms with van der Waals surface area (Å²) in [5.41, 5.74) is 2.42. The minimum absolute atomic E-state index is 0.0204. The Morgan fingerprint density at radius 3 is 2.43 bits per heavy atom. The van der Waals surface area contributed by atoms with E-state index in [2.05, 4.69) is 21.0 Å². The standard InChI is InChI=1S/C17H13BrN2O/c18-14-8-6-13(7-9-14)12-17(21)16-10-11-20(19-16)15-4-2-1-3-5-15/h1-11H,12H2. The topological polar surface area (TPSA) is 34.9 Å². The van der Waals surface area contributed by atoms with Crippen LogP contribution < -0.4 is 0 Å². The Balaban J connectivity index is 1.77. The Morgan fingerprint density at radius 2 is 1.71 bits per heavy atom. The van der Waals surface area contributed by atoms with Gasteiger partial charge in [-0.1, -0.05) is 46.3 Å². The molecule has 104 valence electrons. The maximum absolute atomic E-state index is 12.3. The van der Waals surface area contributed by atoms with Gasteiger partial charge in [0.15, 0.2) is 5.78 Å². The summed E-state index contributed by atoms with van der Waals surface area (Å²) in [6.07, 6.45) is 2.17. The highest BCUT2D eigenvalue weighted by atomic mass is 79.9. The minimum atomic E-state index is 0.0204. The molecule has 0 saturated heterocycles. The Morgan fingerprint density at radius 1 is 1.00 bits per heavy atom. The summed E-state index contributed by atoms with van der Waals surface area (Å²) in [4.78, 5) is 12.3. The number of hydrogen-bond donors (Lipinski definition) is 0. The maximum Gasteiger partial charge on any atom is 0.187 e. The third kappa shape index (κ3) is 3.28. The number of hydrogen-bond acceptors (Lipinski definition) is 2. The summed E-state index contributed by atoms with van der Waals surface area (Å²) in [5.74, 6) is 0.0204.